The Bertz CT molecular complexity index is 630. The molecule has 0 atom stereocenters. The Morgan fingerprint density at radius 1 is 1.14 bits per heavy atom. The molecule has 0 heterocycles. The van der Waals surface area contributed by atoms with Gasteiger partial charge in [0.15, 0.2) is 0 Å². The molecule has 3 heteroatoms. The van der Waals surface area contributed by atoms with Crippen LogP contribution in [0.2, 0.25) is 0 Å². The van der Waals surface area contributed by atoms with E-state index in [2.05, 4.69) is 43.4 Å². The van der Waals surface area contributed by atoms with Crippen molar-refractivity contribution in [2.75, 3.05) is 5.73 Å². The van der Waals surface area contributed by atoms with E-state index in [-0.39, 0.29) is 5.91 Å². The minimum absolute atomic E-state index is 0.0901. The Balaban J connectivity index is 2.02. The Labute approximate surface area is 126 Å². The summed E-state index contributed by atoms with van der Waals surface area (Å²) in [5, 5.41) is 2.94. The molecule has 21 heavy (non-hydrogen) atoms. The third kappa shape index (κ3) is 3.63. The molecule has 2 aromatic rings. The molecule has 2 rings (SSSR count). The number of nitrogen functional groups attached to an aromatic ring is 1. The summed E-state index contributed by atoms with van der Waals surface area (Å²) in [7, 11) is 0. The fraction of sp³-hybridized carbons (Fsp3) is 0.278. The van der Waals surface area contributed by atoms with Gasteiger partial charge >= 0.3 is 0 Å². The zero-order valence-corrected chi connectivity index (χ0v) is 12.8. The van der Waals surface area contributed by atoms with Gasteiger partial charge in [-0.25, -0.2) is 0 Å². The molecule has 0 saturated heterocycles. The van der Waals surface area contributed by atoms with Gasteiger partial charge in [0.2, 0.25) is 0 Å². The lowest BCUT2D eigenvalue weighted by Crippen LogP contribution is -2.23. The number of anilines is 1. The summed E-state index contributed by atoms with van der Waals surface area (Å²) in [5.74, 6) is 0.427. The zero-order valence-electron chi connectivity index (χ0n) is 12.8. The number of hydrogen-bond donors (Lipinski definition) is 2. The van der Waals surface area contributed by atoms with Crippen molar-refractivity contribution in [2.45, 2.75) is 33.2 Å². The van der Waals surface area contributed by atoms with Crippen molar-refractivity contribution in [2.24, 2.45) is 0 Å². The van der Waals surface area contributed by atoms with Crippen molar-refractivity contribution in [3.63, 3.8) is 0 Å². The van der Waals surface area contributed by atoms with Gasteiger partial charge in [0.05, 0.1) is 0 Å². The van der Waals surface area contributed by atoms with Crippen molar-refractivity contribution >= 4 is 11.6 Å². The molecule has 0 aromatic heterocycles. The maximum Gasteiger partial charge on any atom is 0.251 e. The van der Waals surface area contributed by atoms with E-state index in [1.54, 1.807) is 18.2 Å². The molecule has 0 spiro atoms. The Kier molecular flexibility index (Phi) is 4.63. The highest BCUT2D eigenvalue weighted by Crippen LogP contribution is 2.16. The molecule has 0 radical (unpaired) electrons. The molecule has 0 aliphatic carbocycles. The van der Waals surface area contributed by atoms with Crippen molar-refractivity contribution in [1.82, 2.24) is 5.32 Å². The monoisotopic (exact) mass is 282 g/mol. The van der Waals surface area contributed by atoms with Crippen LogP contribution >= 0.6 is 0 Å². The summed E-state index contributed by atoms with van der Waals surface area (Å²) >= 11 is 0. The van der Waals surface area contributed by atoms with Crippen LogP contribution in [0.3, 0.4) is 0 Å². The first-order valence-electron chi connectivity index (χ1n) is 7.21. The number of carbonyl (C=O) groups is 1. The smallest absolute Gasteiger partial charge is 0.251 e. The number of rotatable bonds is 4. The molecule has 0 aliphatic heterocycles. The van der Waals surface area contributed by atoms with Crippen LogP contribution in [0.1, 0.15) is 46.8 Å². The topological polar surface area (TPSA) is 55.1 Å². The first-order valence-corrected chi connectivity index (χ1v) is 7.21. The molecule has 2 aromatic carbocycles. The van der Waals surface area contributed by atoms with Crippen molar-refractivity contribution in [3.8, 4) is 0 Å². The van der Waals surface area contributed by atoms with Gasteiger partial charge in [-0.1, -0.05) is 44.2 Å². The van der Waals surface area contributed by atoms with Crippen molar-refractivity contribution < 1.29 is 4.79 Å². The van der Waals surface area contributed by atoms with E-state index in [0.29, 0.717) is 23.7 Å². The van der Waals surface area contributed by atoms with Crippen molar-refractivity contribution in [3.05, 3.63) is 64.7 Å². The summed E-state index contributed by atoms with van der Waals surface area (Å²) < 4.78 is 0. The van der Waals surface area contributed by atoms with Crippen LogP contribution in [0.15, 0.2) is 42.5 Å². The number of carbonyl (C=O) groups excluding carboxylic acids is 1. The molecule has 0 bridgehead atoms. The molecule has 0 saturated carbocycles. The van der Waals surface area contributed by atoms with E-state index in [1.807, 2.05) is 6.92 Å². The molecule has 0 aliphatic rings. The second-order valence-electron chi connectivity index (χ2n) is 5.60. The lowest BCUT2D eigenvalue weighted by atomic mass is 10.0. The maximum absolute atomic E-state index is 12.2. The summed E-state index contributed by atoms with van der Waals surface area (Å²) in [6.07, 6.45) is 0. The highest BCUT2D eigenvalue weighted by molar-refractivity contribution is 5.96. The minimum atomic E-state index is -0.0901. The molecular weight excluding hydrogens is 260 g/mol. The summed E-state index contributed by atoms with van der Waals surface area (Å²) in [4.78, 5) is 12.2. The van der Waals surface area contributed by atoms with Gasteiger partial charge < -0.3 is 11.1 Å². The van der Waals surface area contributed by atoms with Gasteiger partial charge in [0.25, 0.3) is 5.91 Å². The lowest BCUT2D eigenvalue weighted by Gasteiger charge is -2.10. The molecule has 110 valence electrons. The Morgan fingerprint density at radius 3 is 2.43 bits per heavy atom. The fourth-order valence-electron chi connectivity index (χ4n) is 2.20. The van der Waals surface area contributed by atoms with E-state index < -0.39 is 0 Å². The third-order valence-corrected chi connectivity index (χ3v) is 3.72. The van der Waals surface area contributed by atoms with Crippen molar-refractivity contribution in [1.29, 1.82) is 0 Å². The lowest BCUT2D eigenvalue weighted by molar-refractivity contribution is 0.0950. The number of benzene rings is 2. The number of amides is 1. The standard InChI is InChI=1S/C18H22N2O/c1-12(2)15-9-7-14(8-10-15)11-20-18(21)16-5-4-6-17(19)13(16)3/h4-10,12H,11,19H2,1-3H3,(H,20,21). The highest BCUT2D eigenvalue weighted by Gasteiger charge is 2.10. The van der Waals surface area contributed by atoms with Crippen LogP contribution in [0, 0.1) is 6.92 Å². The maximum atomic E-state index is 12.2. The average molecular weight is 282 g/mol. The number of nitrogens with two attached hydrogens (primary N) is 1. The summed E-state index contributed by atoms with van der Waals surface area (Å²) in [6, 6.07) is 13.7. The van der Waals surface area contributed by atoms with Gasteiger partial charge in [-0.05, 0) is 41.7 Å². The van der Waals surface area contributed by atoms with Crippen LogP contribution in [0.4, 0.5) is 5.69 Å². The second-order valence-corrected chi connectivity index (χ2v) is 5.60. The van der Waals surface area contributed by atoms with E-state index in [1.165, 1.54) is 5.56 Å². The largest absolute Gasteiger partial charge is 0.398 e. The van der Waals surface area contributed by atoms with Crippen LogP contribution in [-0.4, -0.2) is 5.91 Å². The van der Waals surface area contributed by atoms with Crippen LogP contribution in [0.5, 0.6) is 0 Å². The SMILES string of the molecule is Cc1c(N)cccc1C(=O)NCc1ccc(C(C)C)cc1. The molecule has 0 unspecified atom stereocenters. The molecule has 1 amide bonds. The third-order valence-electron chi connectivity index (χ3n) is 3.72. The molecule has 0 fully saturated rings. The highest BCUT2D eigenvalue weighted by atomic mass is 16.1. The zero-order chi connectivity index (χ0) is 15.4. The summed E-state index contributed by atoms with van der Waals surface area (Å²) in [5.41, 5.74) is 10.3. The van der Waals surface area contributed by atoms with Gasteiger partial charge in [0, 0.05) is 17.8 Å². The quantitative estimate of drug-likeness (QED) is 0.841. The van der Waals surface area contributed by atoms with Crippen LogP contribution in [0.25, 0.3) is 0 Å². The minimum Gasteiger partial charge on any atom is -0.398 e. The fourth-order valence-corrected chi connectivity index (χ4v) is 2.20. The van der Waals surface area contributed by atoms with E-state index in [0.717, 1.165) is 11.1 Å². The average Bonchev–Trinajstić information content (AvgIpc) is 2.48. The summed E-state index contributed by atoms with van der Waals surface area (Å²) in [6.45, 7) is 6.71. The normalized spacial score (nSPS) is 10.7. The van der Waals surface area contributed by atoms with E-state index >= 15 is 0 Å². The van der Waals surface area contributed by atoms with Crippen LogP contribution < -0.4 is 11.1 Å². The van der Waals surface area contributed by atoms with E-state index in [4.69, 9.17) is 5.73 Å². The molecule has 3 N–H and O–H groups in total. The Morgan fingerprint density at radius 2 is 1.81 bits per heavy atom. The molecular formula is C18H22N2O. The van der Waals surface area contributed by atoms with Gasteiger partial charge in [0.1, 0.15) is 0 Å². The van der Waals surface area contributed by atoms with Gasteiger partial charge in [-0.15, -0.1) is 0 Å². The molecule has 3 nitrogen and oxygen atoms in total. The predicted octanol–water partition coefficient (Wildman–Crippen LogP) is 3.63. The first-order chi connectivity index (χ1) is 9.99. The predicted molar refractivity (Wildman–Crippen MR) is 87.3 cm³/mol. The number of nitrogens with one attached hydrogen (secondary N) is 1. The van der Waals surface area contributed by atoms with Gasteiger partial charge in [-0.2, -0.15) is 0 Å². The number of hydrogen-bond acceptors (Lipinski definition) is 2. The van der Waals surface area contributed by atoms with Crippen LogP contribution in [-0.2, 0) is 6.54 Å². The van der Waals surface area contributed by atoms with Gasteiger partial charge in [-0.3, -0.25) is 4.79 Å². The Hall–Kier alpha value is -2.29. The first kappa shape index (κ1) is 15.1. The second kappa shape index (κ2) is 6.44. The van der Waals surface area contributed by atoms with E-state index in [9.17, 15) is 4.79 Å².